The number of unbranched alkanes of at least 4 members (excludes halogenated alkanes) is 28. The van der Waals surface area contributed by atoms with Crippen molar-refractivity contribution >= 4 is 5.91 Å². The molecule has 0 rings (SSSR count). The van der Waals surface area contributed by atoms with Crippen LogP contribution in [0.3, 0.4) is 0 Å². The molecule has 4 nitrogen and oxygen atoms in total. The van der Waals surface area contributed by atoms with Crippen molar-refractivity contribution in [1.82, 2.24) is 5.32 Å². The molecule has 0 saturated heterocycles. The van der Waals surface area contributed by atoms with Gasteiger partial charge in [-0.25, -0.2) is 0 Å². The van der Waals surface area contributed by atoms with Crippen LogP contribution in [0.4, 0.5) is 0 Å². The fourth-order valence-corrected chi connectivity index (χ4v) is 7.36. The van der Waals surface area contributed by atoms with Crippen molar-refractivity contribution in [2.45, 2.75) is 257 Å². The third kappa shape index (κ3) is 44.9. The standard InChI is InChI=1S/C54H97NO3/c1-3-5-7-9-11-13-15-17-19-21-23-24-25-26-27-28-29-30-32-33-35-37-39-41-43-45-47-49-53(57)52(51-56)55-54(58)50-48-46-44-42-40-38-36-34-31-22-20-18-16-14-12-10-8-6-4-2/h6,8,12,14,18,20,31,34,39,41,47,49,52-53,56-57H,3-5,7,9-11,13,15-17,19,21-30,32-33,35-38,40,42-46,48,50-51H2,1-2H3,(H,55,58)/b8-6-,14-12-,20-18-,34-31-,41-39+,49-47+. The summed E-state index contributed by atoms with van der Waals surface area (Å²) in [5.41, 5.74) is 0. The Morgan fingerprint density at radius 2 is 0.776 bits per heavy atom. The van der Waals surface area contributed by atoms with E-state index >= 15 is 0 Å². The summed E-state index contributed by atoms with van der Waals surface area (Å²) in [7, 11) is 0. The van der Waals surface area contributed by atoms with Crippen molar-refractivity contribution in [1.29, 1.82) is 0 Å². The number of carbonyl (C=O) groups is 1. The molecule has 58 heavy (non-hydrogen) atoms. The van der Waals surface area contributed by atoms with Gasteiger partial charge in [-0.2, -0.15) is 0 Å². The maximum Gasteiger partial charge on any atom is 0.220 e. The zero-order chi connectivity index (χ0) is 42.1. The zero-order valence-corrected chi connectivity index (χ0v) is 38.5. The summed E-state index contributed by atoms with van der Waals surface area (Å²) in [6.45, 7) is 4.19. The van der Waals surface area contributed by atoms with Crippen molar-refractivity contribution in [3.8, 4) is 0 Å². The van der Waals surface area contributed by atoms with Crippen LogP contribution in [0.5, 0.6) is 0 Å². The molecule has 0 bridgehead atoms. The summed E-state index contributed by atoms with van der Waals surface area (Å²) in [5.74, 6) is -0.0889. The first-order valence-electron chi connectivity index (χ1n) is 25.2. The van der Waals surface area contributed by atoms with Crippen LogP contribution >= 0.6 is 0 Å². The molecule has 0 radical (unpaired) electrons. The molecule has 0 saturated carbocycles. The monoisotopic (exact) mass is 808 g/mol. The Labute approximate surface area is 361 Å². The summed E-state index contributed by atoms with van der Waals surface area (Å²) >= 11 is 0. The molecule has 3 N–H and O–H groups in total. The predicted molar refractivity (Wildman–Crippen MR) is 257 cm³/mol. The number of hydrogen-bond acceptors (Lipinski definition) is 3. The van der Waals surface area contributed by atoms with Crippen LogP contribution in [0.25, 0.3) is 0 Å². The van der Waals surface area contributed by atoms with Crippen LogP contribution < -0.4 is 5.32 Å². The normalized spacial score (nSPS) is 13.5. The van der Waals surface area contributed by atoms with E-state index in [0.717, 1.165) is 70.6 Å². The first kappa shape index (κ1) is 55.8. The highest BCUT2D eigenvalue weighted by Crippen LogP contribution is 2.16. The highest BCUT2D eigenvalue weighted by Gasteiger charge is 2.17. The Hall–Kier alpha value is -2.17. The van der Waals surface area contributed by atoms with E-state index < -0.39 is 12.1 Å². The number of amides is 1. The number of nitrogens with one attached hydrogen (secondary N) is 1. The Kier molecular flexibility index (Phi) is 47.4. The van der Waals surface area contributed by atoms with E-state index in [1.807, 2.05) is 6.08 Å². The molecular weight excluding hydrogens is 711 g/mol. The highest BCUT2D eigenvalue weighted by atomic mass is 16.3. The summed E-state index contributed by atoms with van der Waals surface area (Å²) in [6, 6.07) is -0.651. The third-order valence-electron chi connectivity index (χ3n) is 11.2. The summed E-state index contributed by atoms with van der Waals surface area (Å²) < 4.78 is 0. The molecule has 0 heterocycles. The number of allylic oxidation sites excluding steroid dienone is 11. The Morgan fingerprint density at radius 3 is 1.21 bits per heavy atom. The topological polar surface area (TPSA) is 69.6 Å². The number of rotatable bonds is 45. The Balaban J connectivity index is 3.59. The number of carbonyl (C=O) groups excluding carboxylic acids is 1. The lowest BCUT2D eigenvalue weighted by Gasteiger charge is -2.19. The molecule has 0 spiro atoms. The van der Waals surface area contributed by atoms with Gasteiger partial charge in [0.15, 0.2) is 0 Å². The maximum atomic E-state index is 12.4. The molecule has 0 aromatic carbocycles. The van der Waals surface area contributed by atoms with Crippen molar-refractivity contribution in [2.75, 3.05) is 6.61 Å². The molecular formula is C54H97NO3. The van der Waals surface area contributed by atoms with Crippen molar-refractivity contribution in [2.24, 2.45) is 0 Å². The SMILES string of the molecule is CC/C=C\C/C=C\C/C=C\C/C=C\CCCCCCCCC(=O)NC(CO)C(O)/C=C/CC/C=C/CCCCCCCCCCCCCCCCCCCCCCC. The predicted octanol–water partition coefficient (Wildman–Crippen LogP) is 16.2. The number of aliphatic hydroxyl groups excluding tert-OH is 2. The van der Waals surface area contributed by atoms with Gasteiger partial charge in [0.1, 0.15) is 0 Å². The lowest BCUT2D eigenvalue weighted by molar-refractivity contribution is -0.123. The molecule has 1 amide bonds. The molecule has 336 valence electrons. The van der Waals surface area contributed by atoms with E-state index in [2.05, 4.69) is 79.9 Å². The van der Waals surface area contributed by atoms with E-state index in [1.165, 1.54) is 154 Å². The van der Waals surface area contributed by atoms with Gasteiger partial charge in [-0.15, -0.1) is 0 Å². The van der Waals surface area contributed by atoms with Gasteiger partial charge in [0, 0.05) is 6.42 Å². The molecule has 0 aromatic rings. The van der Waals surface area contributed by atoms with E-state index in [9.17, 15) is 15.0 Å². The lowest BCUT2D eigenvalue weighted by atomic mass is 10.0. The smallest absolute Gasteiger partial charge is 0.220 e. The average molecular weight is 808 g/mol. The van der Waals surface area contributed by atoms with Gasteiger partial charge in [-0.1, -0.05) is 241 Å². The lowest BCUT2D eigenvalue weighted by Crippen LogP contribution is -2.45. The molecule has 2 atom stereocenters. The van der Waals surface area contributed by atoms with Crippen LogP contribution in [0.15, 0.2) is 72.9 Å². The highest BCUT2D eigenvalue weighted by molar-refractivity contribution is 5.76. The zero-order valence-electron chi connectivity index (χ0n) is 38.5. The van der Waals surface area contributed by atoms with Crippen molar-refractivity contribution in [3.05, 3.63) is 72.9 Å². The van der Waals surface area contributed by atoms with Crippen LogP contribution in [0.1, 0.15) is 245 Å². The largest absolute Gasteiger partial charge is 0.394 e. The fourth-order valence-electron chi connectivity index (χ4n) is 7.36. The molecule has 2 unspecified atom stereocenters. The summed E-state index contributed by atoms with van der Waals surface area (Å²) in [6.07, 6.45) is 70.4. The Bertz CT molecular complexity index is 1010. The Morgan fingerprint density at radius 1 is 0.431 bits per heavy atom. The second-order valence-electron chi connectivity index (χ2n) is 16.8. The third-order valence-corrected chi connectivity index (χ3v) is 11.2. The molecule has 4 heteroatoms. The molecule has 0 aliphatic carbocycles. The first-order chi connectivity index (χ1) is 28.7. The summed E-state index contributed by atoms with van der Waals surface area (Å²) in [5, 5.41) is 23.1. The molecule has 0 aliphatic heterocycles. The van der Waals surface area contributed by atoms with Gasteiger partial charge in [0.05, 0.1) is 18.8 Å². The first-order valence-corrected chi connectivity index (χ1v) is 25.2. The van der Waals surface area contributed by atoms with Gasteiger partial charge in [0.2, 0.25) is 5.91 Å². The second-order valence-corrected chi connectivity index (χ2v) is 16.8. The van der Waals surface area contributed by atoms with Crippen molar-refractivity contribution in [3.63, 3.8) is 0 Å². The van der Waals surface area contributed by atoms with Gasteiger partial charge in [-0.3, -0.25) is 4.79 Å². The van der Waals surface area contributed by atoms with Crippen LogP contribution in [0.2, 0.25) is 0 Å². The maximum absolute atomic E-state index is 12.4. The molecule has 0 aliphatic rings. The van der Waals surface area contributed by atoms with Crippen molar-refractivity contribution < 1.29 is 15.0 Å². The van der Waals surface area contributed by atoms with Crippen LogP contribution in [-0.4, -0.2) is 34.9 Å². The molecule has 0 fully saturated rings. The van der Waals surface area contributed by atoms with E-state index in [-0.39, 0.29) is 12.5 Å². The molecule has 0 aromatic heterocycles. The minimum absolute atomic E-state index is 0.0889. The second kappa shape index (κ2) is 49.2. The van der Waals surface area contributed by atoms with E-state index in [0.29, 0.717) is 6.42 Å². The van der Waals surface area contributed by atoms with Gasteiger partial charge < -0.3 is 15.5 Å². The minimum Gasteiger partial charge on any atom is -0.394 e. The van der Waals surface area contributed by atoms with Gasteiger partial charge >= 0.3 is 0 Å². The average Bonchev–Trinajstić information content (AvgIpc) is 3.23. The quantitative estimate of drug-likeness (QED) is 0.0424. The van der Waals surface area contributed by atoms with Crippen LogP contribution in [-0.2, 0) is 4.79 Å². The van der Waals surface area contributed by atoms with Gasteiger partial charge in [-0.05, 0) is 70.6 Å². The number of aliphatic hydroxyl groups is 2. The number of hydrogen-bond donors (Lipinski definition) is 3. The minimum atomic E-state index is -0.873. The summed E-state index contributed by atoms with van der Waals surface area (Å²) in [4.78, 5) is 12.4. The fraction of sp³-hybridized carbons (Fsp3) is 0.759. The van der Waals surface area contributed by atoms with E-state index in [4.69, 9.17) is 0 Å². The van der Waals surface area contributed by atoms with E-state index in [1.54, 1.807) is 6.08 Å². The van der Waals surface area contributed by atoms with Crippen LogP contribution in [0, 0.1) is 0 Å². The van der Waals surface area contributed by atoms with Gasteiger partial charge in [0.25, 0.3) is 0 Å².